The van der Waals surface area contributed by atoms with Crippen molar-refractivity contribution in [2.24, 2.45) is 0 Å². The van der Waals surface area contributed by atoms with Gasteiger partial charge in [-0.3, -0.25) is 0 Å². The molecule has 0 fully saturated rings. The molecular formula is C20H17F3N2O4. The first-order chi connectivity index (χ1) is 13.8. The maximum Gasteiger partial charge on any atom is 0.411 e. The normalized spacial score (nSPS) is 11.4. The number of carbonyl (C=O) groups is 1. The lowest BCUT2D eigenvalue weighted by atomic mass is 10.1. The van der Waals surface area contributed by atoms with E-state index in [1.165, 1.54) is 24.3 Å². The molecule has 6 nitrogen and oxygen atoms in total. The Morgan fingerprint density at radius 2 is 1.72 bits per heavy atom. The summed E-state index contributed by atoms with van der Waals surface area (Å²) in [5, 5.41) is 3.85. The highest BCUT2D eigenvalue weighted by Gasteiger charge is 2.27. The topological polar surface area (TPSA) is 74.5 Å². The van der Waals surface area contributed by atoms with E-state index in [0.717, 1.165) is 11.1 Å². The van der Waals surface area contributed by atoms with E-state index in [4.69, 9.17) is 9.26 Å². The van der Waals surface area contributed by atoms with Gasteiger partial charge in [0.15, 0.2) is 6.61 Å². The van der Waals surface area contributed by atoms with Crippen molar-refractivity contribution in [3.8, 4) is 11.4 Å². The summed E-state index contributed by atoms with van der Waals surface area (Å²) >= 11 is 0. The van der Waals surface area contributed by atoms with E-state index in [1.54, 1.807) is 0 Å². The number of nitrogens with zero attached hydrogens (tertiary/aromatic N) is 2. The molecule has 0 amide bonds. The number of ether oxygens (including phenoxy) is 2. The number of esters is 1. The number of rotatable bonds is 7. The van der Waals surface area contributed by atoms with Gasteiger partial charge in [-0.05, 0) is 24.6 Å². The Hall–Kier alpha value is -3.20. The number of hydrogen-bond donors (Lipinski definition) is 0. The van der Waals surface area contributed by atoms with Crippen molar-refractivity contribution in [2.75, 3.05) is 6.61 Å². The molecule has 29 heavy (non-hydrogen) atoms. The van der Waals surface area contributed by atoms with E-state index in [9.17, 15) is 18.0 Å². The van der Waals surface area contributed by atoms with Gasteiger partial charge in [0.25, 0.3) is 5.89 Å². The van der Waals surface area contributed by atoms with Crippen molar-refractivity contribution >= 4 is 5.97 Å². The minimum absolute atomic E-state index is 0.145. The van der Waals surface area contributed by atoms with Gasteiger partial charge in [-0.25, -0.2) is 4.79 Å². The Morgan fingerprint density at radius 3 is 2.38 bits per heavy atom. The van der Waals surface area contributed by atoms with E-state index in [0.29, 0.717) is 11.4 Å². The monoisotopic (exact) mass is 406 g/mol. The van der Waals surface area contributed by atoms with Crippen LogP contribution in [0.2, 0.25) is 0 Å². The Morgan fingerprint density at radius 1 is 1.03 bits per heavy atom. The van der Waals surface area contributed by atoms with Crippen LogP contribution in [0.4, 0.5) is 13.2 Å². The van der Waals surface area contributed by atoms with Gasteiger partial charge in [0.05, 0.1) is 12.2 Å². The van der Waals surface area contributed by atoms with Crippen LogP contribution in [-0.2, 0) is 22.7 Å². The summed E-state index contributed by atoms with van der Waals surface area (Å²) in [7, 11) is 0. The minimum Gasteiger partial charge on any atom is -0.452 e. The molecule has 0 spiro atoms. The Labute approximate surface area is 164 Å². The molecule has 0 saturated heterocycles. The highest BCUT2D eigenvalue weighted by Crippen LogP contribution is 2.18. The molecule has 3 aromatic rings. The summed E-state index contributed by atoms with van der Waals surface area (Å²) in [6.07, 6.45) is -4.38. The number of hydrogen-bond acceptors (Lipinski definition) is 6. The quantitative estimate of drug-likeness (QED) is 0.539. The number of aromatic nitrogens is 2. The molecule has 0 aliphatic heterocycles. The molecule has 0 aliphatic carbocycles. The Bertz CT molecular complexity index is 951. The van der Waals surface area contributed by atoms with E-state index in [2.05, 4.69) is 14.9 Å². The van der Waals surface area contributed by atoms with Gasteiger partial charge in [0, 0.05) is 5.56 Å². The van der Waals surface area contributed by atoms with Crippen molar-refractivity contribution in [3.63, 3.8) is 0 Å². The number of benzene rings is 2. The van der Waals surface area contributed by atoms with Crippen molar-refractivity contribution < 1.29 is 32.0 Å². The lowest BCUT2D eigenvalue weighted by Gasteiger charge is -2.08. The third kappa shape index (κ3) is 6.15. The van der Waals surface area contributed by atoms with Crippen LogP contribution in [0.15, 0.2) is 53.1 Å². The summed E-state index contributed by atoms with van der Waals surface area (Å²) in [4.78, 5) is 16.3. The van der Waals surface area contributed by atoms with Crippen LogP contribution in [0, 0.1) is 6.92 Å². The molecule has 0 radical (unpaired) electrons. The molecular weight excluding hydrogens is 389 g/mol. The average molecular weight is 406 g/mol. The lowest BCUT2D eigenvalue weighted by molar-refractivity contribution is -0.176. The zero-order chi connectivity index (χ0) is 20.9. The maximum absolute atomic E-state index is 12.1. The molecule has 152 valence electrons. The lowest BCUT2D eigenvalue weighted by Crippen LogP contribution is -2.16. The van der Waals surface area contributed by atoms with Gasteiger partial charge in [-0.15, -0.1) is 0 Å². The molecule has 3 rings (SSSR count). The summed E-state index contributed by atoms with van der Waals surface area (Å²) < 4.78 is 51.0. The molecule has 0 bridgehead atoms. The van der Waals surface area contributed by atoms with Gasteiger partial charge in [0.2, 0.25) is 5.82 Å². The van der Waals surface area contributed by atoms with Crippen LogP contribution < -0.4 is 0 Å². The highest BCUT2D eigenvalue weighted by molar-refractivity contribution is 5.89. The maximum atomic E-state index is 12.1. The molecule has 0 N–H and O–H groups in total. The van der Waals surface area contributed by atoms with Crippen LogP contribution in [0.5, 0.6) is 0 Å². The van der Waals surface area contributed by atoms with Crippen molar-refractivity contribution in [3.05, 3.63) is 71.1 Å². The predicted molar refractivity (Wildman–Crippen MR) is 95.7 cm³/mol. The second-order valence-electron chi connectivity index (χ2n) is 6.26. The van der Waals surface area contributed by atoms with E-state index >= 15 is 0 Å². The SMILES string of the molecule is Cc1ccc(-c2noc(COC(=O)c3ccc(COCC(F)(F)F)cc3)n2)cc1. The molecule has 0 unspecified atom stereocenters. The van der Waals surface area contributed by atoms with Crippen molar-refractivity contribution in [2.45, 2.75) is 26.3 Å². The van der Waals surface area contributed by atoms with E-state index in [-0.39, 0.29) is 24.7 Å². The zero-order valence-corrected chi connectivity index (χ0v) is 15.4. The largest absolute Gasteiger partial charge is 0.452 e. The molecule has 0 atom stereocenters. The first-order valence-corrected chi connectivity index (χ1v) is 8.60. The van der Waals surface area contributed by atoms with Crippen molar-refractivity contribution in [1.82, 2.24) is 10.1 Å². The smallest absolute Gasteiger partial charge is 0.411 e. The molecule has 0 aliphatic rings. The van der Waals surface area contributed by atoms with E-state index in [1.807, 2.05) is 31.2 Å². The summed E-state index contributed by atoms with van der Waals surface area (Å²) in [6.45, 7) is 0.227. The zero-order valence-electron chi connectivity index (χ0n) is 15.4. The van der Waals surface area contributed by atoms with Crippen molar-refractivity contribution in [1.29, 1.82) is 0 Å². The van der Waals surface area contributed by atoms with Crippen LogP contribution >= 0.6 is 0 Å². The summed E-state index contributed by atoms with van der Waals surface area (Å²) in [5.74, 6) is -0.0896. The van der Waals surface area contributed by atoms with Gasteiger partial charge >= 0.3 is 12.1 Å². The van der Waals surface area contributed by atoms with Gasteiger partial charge in [0.1, 0.15) is 6.61 Å². The number of halogens is 3. The fourth-order valence-electron chi connectivity index (χ4n) is 2.37. The van der Waals surface area contributed by atoms with Crippen LogP contribution in [0.25, 0.3) is 11.4 Å². The molecule has 2 aromatic carbocycles. The summed E-state index contributed by atoms with van der Waals surface area (Å²) in [5.41, 5.74) is 2.62. The third-order valence-electron chi connectivity index (χ3n) is 3.83. The molecule has 1 heterocycles. The summed E-state index contributed by atoms with van der Waals surface area (Å²) in [6, 6.07) is 13.4. The Balaban J connectivity index is 1.51. The van der Waals surface area contributed by atoms with Gasteiger partial charge < -0.3 is 14.0 Å². The first-order valence-electron chi connectivity index (χ1n) is 8.60. The molecule has 9 heteroatoms. The van der Waals surface area contributed by atoms with Gasteiger partial charge in [-0.1, -0.05) is 47.1 Å². The third-order valence-corrected chi connectivity index (χ3v) is 3.83. The number of aryl methyl sites for hydroxylation is 1. The van der Waals surface area contributed by atoms with Crippen LogP contribution in [0.1, 0.15) is 27.4 Å². The number of alkyl halides is 3. The highest BCUT2D eigenvalue weighted by atomic mass is 19.4. The van der Waals surface area contributed by atoms with Crippen LogP contribution in [-0.4, -0.2) is 28.9 Å². The fourth-order valence-corrected chi connectivity index (χ4v) is 2.37. The fraction of sp³-hybridized carbons (Fsp3) is 0.250. The average Bonchev–Trinajstić information content (AvgIpc) is 3.15. The van der Waals surface area contributed by atoms with E-state index < -0.39 is 18.8 Å². The van der Waals surface area contributed by atoms with Gasteiger partial charge in [-0.2, -0.15) is 18.2 Å². The van der Waals surface area contributed by atoms with Crippen LogP contribution in [0.3, 0.4) is 0 Å². The number of carbonyl (C=O) groups excluding carboxylic acids is 1. The predicted octanol–water partition coefficient (Wildman–Crippen LogP) is 4.48. The molecule has 1 aromatic heterocycles. The second kappa shape index (κ2) is 8.87. The minimum atomic E-state index is -4.38. The standard InChI is InChI=1S/C20H17F3N2O4/c1-13-2-6-15(7-3-13)18-24-17(29-25-18)11-28-19(26)16-8-4-14(5-9-16)10-27-12-20(21,22)23/h2-9H,10-12H2,1H3. The molecule has 0 saturated carbocycles. The second-order valence-corrected chi connectivity index (χ2v) is 6.26. The Kier molecular flexibility index (Phi) is 6.28. The first kappa shape index (κ1) is 20.5.